The zero-order valence-electron chi connectivity index (χ0n) is 16.6. The normalized spacial score (nSPS) is 11.1. The Kier molecular flexibility index (Phi) is 7.13. The van der Waals surface area contributed by atoms with Crippen molar-refractivity contribution < 1.29 is 9.59 Å². The summed E-state index contributed by atoms with van der Waals surface area (Å²) < 4.78 is 0. The molecule has 0 unspecified atom stereocenters. The number of aryl methyl sites for hydroxylation is 1. The van der Waals surface area contributed by atoms with Gasteiger partial charge in [0.2, 0.25) is 5.91 Å². The number of hydrogen-bond donors (Lipinski definition) is 3. The Bertz CT molecular complexity index is 782. The van der Waals surface area contributed by atoms with E-state index < -0.39 is 0 Å². The van der Waals surface area contributed by atoms with Gasteiger partial charge >= 0.3 is 0 Å². The van der Waals surface area contributed by atoms with Crippen LogP contribution in [0.15, 0.2) is 48.5 Å². The molecule has 5 nitrogen and oxygen atoms in total. The van der Waals surface area contributed by atoms with Crippen LogP contribution < -0.4 is 16.0 Å². The minimum absolute atomic E-state index is 0.109. The molecule has 0 aliphatic heterocycles. The molecule has 0 aliphatic rings. The number of carbonyl (C=O) groups excluding carboxylic acids is 2. The molecule has 2 rings (SSSR count). The van der Waals surface area contributed by atoms with Gasteiger partial charge in [-0.05, 0) is 44.9 Å². The smallest absolute Gasteiger partial charge is 0.253 e. The fourth-order valence-electron chi connectivity index (χ4n) is 2.41. The molecule has 0 saturated carbocycles. The minimum Gasteiger partial charge on any atom is -0.348 e. The summed E-state index contributed by atoms with van der Waals surface area (Å²) in [5.41, 5.74) is 3.06. The van der Waals surface area contributed by atoms with E-state index in [1.54, 1.807) is 24.3 Å². The van der Waals surface area contributed by atoms with Crippen molar-refractivity contribution in [3.8, 4) is 0 Å². The molecule has 0 saturated heterocycles. The molecule has 0 aliphatic carbocycles. The van der Waals surface area contributed by atoms with Crippen LogP contribution >= 0.6 is 0 Å². The summed E-state index contributed by atoms with van der Waals surface area (Å²) in [6.07, 6.45) is 0.915. The van der Waals surface area contributed by atoms with E-state index in [1.165, 1.54) is 5.56 Å². The first-order chi connectivity index (χ1) is 12.8. The van der Waals surface area contributed by atoms with Crippen LogP contribution in [0.1, 0.15) is 48.7 Å². The molecule has 2 aromatic carbocycles. The highest BCUT2D eigenvalue weighted by molar-refractivity contribution is 6.04. The van der Waals surface area contributed by atoms with Gasteiger partial charge in [-0.1, -0.05) is 48.9 Å². The first kappa shape index (κ1) is 20.6. The number of amides is 2. The predicted molar refractivity (Wildman–Crippen MR) is 110 cm³/mol. The molecule has 0 bridgehead atoms. The van der Waals surface area contributed by atoms with Crippen molar-refractivity contribution in [1.29, 1.82) is 0 Å². The van der Waals surface area contributed by atoms with Gasteiger partial charge in [0.1, 0.15) is 0 Å². The summed E-state index contributed by atoms with van der Waals surface area (Å²) in [6, 6.07) is 15.0. The highest BCUT2D eigenvalue weighted by atomic mass is 16.2. The van der Waals surface area contributed by atoms with Gasteiger partial charge in [-0.15, -0.1) is 0 Å². The van der Waals surface area contributed by atoms with E-state index in [0.717, 1.165) is 12.0 Å². The van der Waals surface area contributed by atoms with E-state index in [0.29, 0.717) is 17.8 Å². The molecule has 0 heterocycles. The van der Waals surface area contributed by atoms with E-state index in [2.05, 4.69) is 22.9 Å². The molecule has 0 aromatic heterocycles. The molecule has 0 radical (unpaired) electrons. The topological polar surface area (TPSA) is 70.2 Å². The zero-order chi connectivity index (χ0) is 19.9. The van der Waals surface area contributed by atoms with Gasteiger partial charge in [-0.2, -0.15) is 0 Å². The maximum absolute atomic E-state index is 12.6. The van der Waals surface area contributed by atoms with Crippen molar-refractivity contribution in [2.75, 3.05) is 11.9 Å². The lowest BCUT2D eigenvalue weighted by Gasteiger charge is -2.24. The van der Waals surface area contributed by atoms with Gasteiger partial charge in [0.15, 0.2) is 0 Å². The molecule has 0 fully saturated rings. The first-order valence-corrected chi connectivity index (χ1v) is 9.28. The highest BCUT2D eigenvalue weighted by Crippen LogP contribution is 2.15. The Labute approximate surface area is 161 Å². The van der Waals surface area contributed by atoms with E-state index in [-0.39, 0.29) is 23.9 Å². The fraction of sp³-hybridized carbons (Fsp3) is 0.364. The zero-order valence-corrected chi connectivity index (χ0v) is 16.6. The maximum atomic E-state index is 12.6. The van der Waals surface area contributed by atoms with Crippen molar-refractivity contribution in [2.24, 2.45) is 0 Å². The third-order valence-corrected chi connectivity index (χ3v) is 4.63. The van der Waals surface area contributed by atoms with Gasteiger partial charge in [0.25, 0.3) is 5.91 Å². The average molecular weight is 367 g/mol. The van der Waals surface area contributed by atoms with Gasteiger partial charge in [0.05, 0.1) is 17.8 Å². The van der Waals surface area contributed by atoms with Crippen LogP contribution in [-0.4, -0.2) is 23.9 Å². The number of carbonyl (C=O) groups is 2. The second kappa shape index (κ2) is 9.33. The standard InChI is InChI=1S/C22H29N3O2/c1-5-22(3,4)24-15-20(26)25-19-9-7-6-8-18(19)21(27)23-14-17-12-10-16(2)11-13-17/h6-13,24H,5,14-15H2,1-4H3,(H,23,27)(H,25,26). The molecule has 0 atom stereocenters. The number of rotatable bonds is 8. The average Bonchev–Trinajstić information content (AvgIpc) is 2.66. The lowest BCUT2D eigenvalue weighted by atomic mass is 10.0. The van der Waals surface area contributed by atoms with Crippen molar-refractivity contribution >= 4 is 17.5 Å². The summed E-state index contributed by atoms with van der Waals surface area (Å²) in [5.74, 6) is -0.386. The maximum Gasteiger partial charge on any atom is 0.253 e. The fourth-order valence-corrected chi connectivity index (χ4v) is 2.41. The molecule has 2 aromatic rings. The number of nitrogens with one attached hydrogen (secondary N) is 3. The van der Waals surface area contributed by atoms with Gasteiger partial charge in [-0.3, -0.25) is 9.59 Å². The number of hydrogen-bond acceptors (Lipinski definition) is 3. The van der Waals surface area contributed by atoms with Crippen LogP contribution in [0.5, 0.6) is 0 Å². The monoisotopic (exact) mass is 367 g/mol. The van der Waals surface area contributed by atoms with E-state index in [1.807, 2.05) is 45.0 Å². The van der Waals surface area contributed by atoms with Crippen LogP contribution in [0.25, 0.3) is 0 Å². The minimum atomic E-state index is -0.215. The Morgan fingerprint density at radius 1 is 1.00 bits per heavy atom. The number of benzene rings is 2. The first-order valence-electron chi connectivity index (χ1n) is 9.28. The second-order valence-electron chi connectivity index (χ2n) is 7.35. The molecule has 2 amide bonds. The SMILES string of the molecule is CCC(C)(C)NCC(=O)Nc1ccccc1C(=O)NCc1ccc(C)cc1. The Hall–Kier alpha value is -2.66. The van der Waals surface area contributed by atoms with Gasteiger partial charge in [-0.25, -0.2) is 0 Å². The number of anilines is 1. The Morgan fingerprint density at radius 2 is 1.67 bits per heavy atom. The second-order valence-corrected chi connectivity index (χ2v) is 7.35. The molecule has 0 spiro atoms. The summed E-state index contributed by atoms with van der Waals surface area (Å²) in [6.45, 7) is 8.82. The lowest BCUT2D eigenvalue weighted by molar-refractivity contribution is -0.115. The molecule has 3 N–H and O–H groups in total. The van der Waals surface area contributed by atoms with Gasteiger partial charge in [0, 0.05) is 12.1 Å². The lowest BCUT2D eigenvalue weighted by Crippen LogP contribution is -2.43. The Morgan fingerprint density at radius 3 is 2.33 bits per heavy atom. The van der Waals surface area contributed by atoms with Crippen molar-refractivity contribution in [3.05, 3.63) is 65.2 Å². The Balaban J connectivity index is 1.98. The van der Waals surface area contributed by atoms with E-state index in [9.17, 15) is 9.59 Å². The predicted octanol–water partition coefficient (Wildman–Crippen LogP) is 3.64. The van der Waals surface area contributed by atoms with Crippen LogP contribution in [0, 0.1) is 6.92 Å². The molecular formula is C22H29N3O2. The quantitative estimate of drug-likeness (QED) is 0.667. The van der Waals surface area contributed by atoms with Crippen LogP contribution in [0.2, 0.25) is 0 Å². The van der Waals surface area contributed by atoms with Crippen molar-refractivity contribution in [2.45, 2.75) is 46.2 Å². The molecule has 5 heteroatoms. The van der Waals surface area contributed by atoms with Crippen LogP contribution in [0.4, 0.5) is 5.69 Å². The molecule has 144 valence electrons. The summed E-state index contributed by atoms with van der Waals surface area (Å²) in [4.78, 5) is 24.8. The van der Waals surface area contributed by atoms with Crippen LogP contribution in [0.3, 0.4) is 0 Å². The van der Waals surface area contributed by atoms with Gasteiger partial charge < -0.3 is 16.0 Å². The van der Waals surface area contributed by atoms with Crippen LogP contribution in [-0.2, 0) is 11.3 Å². The highest BCUT2D eigenvalue weighted by Gasteiger charge is 2.17. The molecular weight excluding hydrogens is 338 g/mol. The van der Waals surface area contributed by atoms with E-state index >= 15 is 0 Å². The summed E-state index contributed by atoms with van der Waals surface area (Å²) in [5, 5.41) is 8.96. The number of para-hydroxylation sites is 1. The van der Waals surface area contributed by atoms with Crippen molar-refractivity contribution in [1.82, 2.24) is 10.6 Å². The third kappa shape index (κ3) is 6.53. The van der Waals surface area contributed by atoms with E-state index in [4.69, 9.17) is 0 Å². The summed E-state index contributed by atoms with van der Waals surface area (Å²) in [7, 11) is 0. The molecule has 27 heavy (non-hydrogen) atoms. The summed E-state index contributed by atoms with van der Waals surface area (Å²) >= 11 is 0. The largest absolute Gasteiger partial charge is 0.348 e. The van der Waals surface area contributed by atoms with Crippen molar-refractivity contribution in [3.63, 3.8) is 0 Å². The third-order valence-electron chi connectivity index (χ3n) is 4.63.